The summed E-state index contributed by atoms with van der Waals surface area (Å²) in [6.45, 7) is 4.92. The Bertz CT molecular complexity index is 471. The lowest BCUT2D eigenvalue weighted by Crippen LogP contribution is -2.06. The summed E-state index contributed by atoms with van der Waals surface area (Å²) in [5.74, 6) is 1.20. The Morgan fingerprint density at radius 3 is 2.50 bits per heavy atom. The zero-order valence-electron chi connectivity index (χ0n) is 9.44. The van der Waals surface area contributed by atoms with E-state index in [1.807, 2.05) is 4.68 Å². The molecule has 0 unspecified atom stereocenters. The second-order valence-electron chi connectivity index (χ2n) is 3.96. The lowest BCUT2D eigenvalue weighted by Gasteiger charge is -2.06. The number of benzene rings is 1. The number of nitrogens with zero attached hydrogens (tertiary/aromatic N) is 3. The number of rotatable bonds is 3. The molecular weight excluding hydrogens is 222 g/mol. The van der Waals surface area contributed by atoms with E-state index in [-0.39, 0.29) is 0 Å². The first-order valence-corrected chi connectivity index (χ1v) is 5.72. The molecule has 0 aliphatic rings. The Morgan fingerprint density at radius 2 is 1.88 bits per heavy atom. The largest absolute Gasteiger partial charge is 0.244 e. The highest BCUT2D eigenvalue weighted by molar-refractivity contribution is 6.16. The Hall–Kier alpha value is -1.35. The van der Waals surface area contributed by atoms with Gasteiger partial charge >= 0.3 is 0 Å². The van der Waals surface area contributed by atoms with Gasteiger partial charge in [-0.2, -0.15) is 5.10 Å². The van der Waals surface area contributed by atoms with E-state index in [4.69, 9.17) is 11.6 Å². The van der Waals surface area contributed by atoms with Gasteiger partial charge in [0, 0.05) is 0 Å². The van der Waals surface area contributed by atoms with E-state index in [1.54, 1.807) is 6.33 Å². The van der Waals surface area contributed by atoms with Crippen molar-refractivity contribution in [1.29, 1.82) is 0 Å². The lowest BCUT2D eigenvalue weighted by molar-refractivity contribution is 0.656. The molecule has 0 saturated carbocycles. The van der Waals surface area contributed by atoms with Crippen LogP contribution in [0.15, 0.2) is 24.5 Å². The summed E-state index contributed by atoms with van der Waals surface area (Å²) < 4.78 is 1.83. The van der Waals surface area contributed by atoms with Crippen molar-refractivity contribution in [2.45, 2.75) is 26.3 Å². The van der Waals surface area contributed by atoms with Gasteiger partial charge in [0.15, 0.2) is 0 Å². The molecule has 1 aromatic heterocycles. The summed E-state index contributed by atoms with van der Waals surface area (Å²) in [4.78, 5) is 4.10. The lowest BCUT2D eigenvalue weighted by atomic mass is 10.1. The summed E-state index contributed by atoms with van der Waals surface area (Å²) in [5, 5.41) is 4.16. The van der Waals surface area contributed by atoms with E-state index in [0.29, 0.717) is 5.88 Å². The fourth-order valence-corrected chi connectivity index (χ4v) is 2.06. The van der Waals surface area contributed by atoms with Crippen LogP contribution in [0.3, 0.4) is 0 Å². The molecule has 1 heterocycles. The van der Waals surface area contributed by atoms with Crippen LogP contribution in [0.4, 0.5) is 0 Å². The second-order valence-corrected chi connectivity index (χ2v) is 4.23. The Morgan fingerprint density at radius 1 is 1.19 bits per heavy atom. The molecule has 16 heavy (non-hydrogen) atoms. The SMILES string of the molecule is Cc1cc(C)cc(Cn2ncnc2CCl)c1. The van der Waals surface area contributed by atoms with Gasteiger partial charge in [0.1, 0.15) is 12.2 Å². The van der Waals surface area contributed by atoms with Gasteiger partial charge in [-0.25, -0.2) is 9.67 Å². The first-order chi connectivity index (χ1) is 7.69. The molecule has 0 aliphatic carbocycles. The van der Waals surface area contributed by atoms with Crippen molar-refractivity contribution in [2.75, 3.05) is 0 Å². The van der Waals surface area contributed by atoms with E-state index < -0.39 is 0 Å². The molecule has 0 spiro atoms. The molecule has 0 N–H and O–H groups in total. The molecule has 0 radical (unpaired) electrons. The molecule has 4 heteroatoms. The van der Waals surface area contributed by atoms with E-state index in [2.05, 4.69) is 42.1 Å². The van der Waals surface area contributed by atoms with Gasteiger partial charge < -0.3 is 0 Å². The Balaban J connectivity index is 2.26. The first-order valence-electron chi connectivity index (χ1n) is 5.19. The normalized spacial score (nSPS) is 10.7. The minimum atomic E-state index is 0.394. The monoisotopic (exact) mass is 235 g/mol. The average Bonchev–Trinajstić information content (AvgIpc) is 2.63. The maximum absolute atomic E-state index is 5.78. The highest BCUT2D eigenvalue weighted by Gasteiger charge is 2.04. The number of hydrogen-bond acceptors (Lipinski definition) is 2. The highest BCUT2D eigenvalue weighted by Crippen LogP contribution is 2.11. The average molecular weight is 236 g/mol. The summed E-state index contributed by atoms with van der Waals surface area (Å²) >= 11 is 5.78. The molecule has 0 amide bonds. The fraction of sp³-hybridized carbons (Fsp3) is 0.333. The van der Waals surface area contributed by atoms with E-state index in [1.165, 1.54) is 16.7 Å². The molecule has 1 aromatic carbocycles. The van der Waals surface area contributed by atoms with Crippen LogP contribution in [0, 0.1) is 13.8 Å². The molecule has 2 aromatic rings. The molecule has 2 rings (SSSR count). The van der Waals surface area contributed by atoms with Crippen LogP contribution >= 0.6 is 11.6 Å². The van der Waals surface area contributed by atoms with Crippen LogP contribution in [-0.4, -0.2) is 14.8 Å². The standard InChI is InChI=1S/C12H14ClN3/c1-9-3-10(2)5-11(4-9)7-16-12(6-13)14-8-15-16/h3-5,8H,6-7H2,1-2H3. The maximum atomic E-state index is 5.78. The van der Waals surface area contributed by atoms with Crippen molar-refractivity contribution in [3.05, 3.63) is 47.0 Å². The summed E-state index contributed by atoms with van der Waals surface area (Å²) in [7, 11) is 0. The van der Waals surface area contributed by atoms with Gasteiger partial charge in [-0.3, -0.25) is 0 Å². The van der Waals surface area contributed by atoms with Crippen molar-refractivity contribution < 1.29 is 0 Å². The smallest absolute Gasteiger partial charge is 0.142 e. The van der Waals surface area contributed by atoms with Crippen LogP contribution in [0.2, 0.25) is 0 Å². The summed E-state index contributed by atoms with van der Waals surface area (Å²) in [6, 6.07) is 6.48. The number of halogens is 1. The third kappa shape index (κ3) is 2.42. The number of alkyl halides is 1. The van der Waals surface area contributed by atoms with Crippen molar-refractivity contribution in [1.82, 2.24) is 14.8 Å². The van der Waals surface area contributed by atoms with E-state index in [0.717, 1.165) is 12.4 Å². The van der Waals surface area contributed by atoms with Crippen molar-refractivity contribution in [2.24, 2.45) is 0 Å². The van der Waals surface area contributed by atoms with Crippen LogP contribution in [0.25, 0.3) is 0 Å². The molecule has 0 saturated heterocycles. The van der Waals surface area contributed by atoms with Crippen LogP contribution in [-0.2, 0) is 12.4 Å². The molecule has 3 nitrogen and oxygen atoms in total. The predicted octanol–water partition coefficient (Wildman–Crippen LogP) is 2.68. The summed E-state index contributed by atoms with van der Waals surface area (Å²) in [6.07, 6.45) is 1.54. The Kier molecular flexibility index (Phi) is 3.25. The van der Waals surface area contributed by atoms with E-state index in [9.17, 15) is 0 Å². The predicted molar refractivity (Wildman–Crippen MR) is 64.6 cm³/mol. The van der Waals surface area contributed by atoms with Crippen molar-refractivity contribution in [3.8, 4) is 0 Å². The van der Waals surface area contributed by atoms with Gasteiger partial charge in [0.25, 0.3) is 0 Å². The Labute approximate surface area is 100 Å². The van der Waals surface area contributed by atoms with Gasteiger partial charge in [-0.15, -0.1) is 11.6 Å². The quantitative estimate of drug-likeness (QED) is 0.766. The minimum Gasteiger partial charge on any atom is -0.244 e. The molecular formula is C12H14ClN3. The molecule has 0 aliphatic heterocycles. The first kappa shape index (κ1) is 11.1. The van der Waals surface area contributed by atoms with Crippen LogP contribution in [0.5, 0.6) is 0 Å². The van der Waals surface area contributed by atoms with Crippen molar-refractivity contribution in [3.63, 3.8) is 0 Å². The van der Waals surface area contributed by atoms with E-state index >= 15 is 0 Å². The topological polar surface area (TPSA) is 30.7 Å². The molecule has 0 fully saturated rings. The molecule has 0 bridgehead atoms. The third-order valence-electron chi connectivity index (χ3n) is 2.43. The fourth-order valence-electron chi connectivity index (χ4n) is 1.86. The minimum absolute atomic E-state index is 0.394. The number of aryl methyl sites for hydroxylation is 2. The summed E-state index contributed by atoms with van der Waals surface area (Å²) in [5.41, 5.74) is 3.76. The van der Waals surface area contributed by atoms with Gasteiger partial charge in [-0.05, 0) is 19.4 Å². The van der Waals surface area contributed by atoms with Gasteiger partial charge in [0.2, 0.25) is 0 Å². The van der Waals surface area contributed by atoms with Crippen LogP contribution in [0.1, 0.15) is 22.5 Å². The molecule has 84 valence electrons. The van der Waals surface area contributed by atoms with Crippen molar-refractivity contribution >= 4 is 11.6 Å². The number of aromatic nitrogens is 3. The maximum Gasteiger partial charge on any atom is 0.142 e. The zero-order chi connectivity index (χ0) is 11.5. The zero-order valence-corrected chi connectivity index (χ0v) is 10.2. The number of hydrogen-bond donors (Lipinski definition) is 0. The van der Waals surface area contributed by atoms with Crippen LogP contribution < -0.4 is 0 Å². The highest BCUT2D eigenvalue weighted by atomic mass is 35.5. The van der Waals surface area contributed by atoms with Gasteiger partial charge in [0.05, 0.1) is 12.4 Å². The second kappa shape index (κ2) is 4.66. The third-order valence-corrected chi connectivity index (χ3v) is 2.67. The van der Waals surface area contributed by atoms with Gasteiger partial charge in [-0.1, -0.05) is 29.3 Å². The molecule has 0 atom stereocenters.